The molecule has 0 radical (unpaired) electrons. The second kappa shape index (κ2) is 6.15. The van der Waals surface area contributed by atoms with Crippen molar-refractivity contribution in [2.24, 2.45) is 5.14 Å². The maximum atomic E-state index is 12.4. The van der Waals surface area contributed by atoms with Crippen molar-refractivity contribution in [3.63, 3.8) is 0 Å². The minimum absolute atomic E-state index is 0.0242. The fourth-order valence-corrected chi connectivity index (χ4v) is 3.67. The topological polar surface area (TPSA) is 80.5 Å². The number of rotatable bonds is 4. The zero-order valence-corrected chi connectivity index (χ0v) is 12.9. The van der Waals surface area contributed by atoms with Crippen LogP contribution in [0.3, 0.4) is 0 Å². The maximum Gasteiger partial charge on any atom is 0.254 e. The summed E-state index contributed by atoms with van der Waals surface area (Å²) in [6, 6.07) is 6.08. The van der Waals surface area contributed by atoms with E-state index in [0.29, 0.717) is 5.56 Å². The minimum Gasteiger partial charge on any atom is -0.335 e. The second-order valence-corrected chi connectivity index (χ2v) is 7.29. The highest BCUT2D eigenvalue weighted by Gasteiger charge is 2.28. The predicted molar refractivity (Wildman–Crippen MR) is 80.3 cm³/mol. The average molecular weight is 314 g/mol. The van der Waals surface area contributed by atoms with E-state index in [1.807, 2.05) is 11.2 Å². The van der Waals surface area contributed by atoms with Gasteiger partial charge in [-0.25, -0.2) is 13.6 Å². The van der Waals surface area contributed by atoms with Crippen molar-refractivity contribution in [3.05, 3.63) is 29.8 Å². The van der Waals surface area contributed by atoms with Crippen LogP contribution in [0.15, 0.2) is 29.2 Å². The van der Waals surface area contributed by atoms with Crippen molar-refractivity contribution >= 4 is 27.7 Å². The molecule has 110 valence electrons. The van der Waals surface area contributed by atoms with E-state index >= 15 is 0 Å². The molecule has 1 atom stereocenters. The molecule has 1 aromatic carbocycles. The lowest BCUT2D eigenvalue weighted by molar-refractivity contribution is 0.0750. The Morgan fingerprint density at radius 3 is 2.60 bits per heavy atom. The lowest BCUT2D eigenvalue weighted by Crippen LogP contribution is -2.36. The van der Waals surface area contributed by atoms with E-state index in [9.17, 15) is 13.2 Å². The Balaban J connectivity index is 2.17. The Morgan fingerprint density at radius 1 is 1.40 bits per heavy atom. The molecule has 0 aromatic heterocycles. The summed E-state index contributed by atoms with van der Waals surface area (Å²) in [4.78, 5) is 14.3. The fraction of sp³-hybridized carbons (Fsp3) is 0.462. The number of likely N-dealkylation sites (tertiary alicyclic amines) is 1. The summed E-state index contributed by atoms with van der Waals surface area (Å²) in [6.45, 7) is 0.765. The third-order valence-electron chi connectivity index (χ3n) is 3.43. The van der Waals surface area contributed by atoms with Crippen molar-refractivity contribution in [2.45, 2.75) is 23.8 Å². The normalized spacial score (nSPS) is 19.3. The molecule has 2 rings (SSSR count). The largest absolute Gasteiger partial charge is 0.335 e. The van der Waals surface area contributed by atoms with Gasteiger partial charge in [-0.2, -0.15) is 11.8 Å². The zero-order valence-electron chi connectivity index (χ0n) is 11.3. The number of carbonyl (C=O) groups is 1. The molecule has 5 nitrogen and oxygen atoms in total. The molecule has 7 heteroatoms. The molecule has 1 saturated heterocycles. The number of hydrogen-bond donors (Lipinski definition) is 1. The van der Waals surface area contributed by atoms with Gasteiger partial charge >= 0.3 is 0 Å². The predicted octanol–water partition coefficient (Wildman–Crippen LogP) is 1.30. The van der Waals surface area contributed by atoms with Crippen LogP contribution < -0.4 is 5.14 Å². The van der Waals surface area contributed by atoms with E-state index in [0.717, 1.165) is 25.1 Å². The number of carbonyl (C=O) groups excluding carboxylic acids is 1. The van der Waals surface area contributed by atoms with Crippen LogP contribution >= 0.6 is 11.8 Å². The Bertz CT molecular complexity index is 584. The van der Waals surface area contributed by atoms with Gasteiger partial charge in [0.25, 0.3) is 5.91 Å². The van der Waals surface area contributed by atoms with Crippen LogP contribution in [0.2, 0.25) is 0 Å². The van der Waals surface area contributed by atoms with Crippen LogP contribution in [0.5, 0.6) is 0 Å². The molecular formula is C13H18N2O3S2. The first-order valence-corrected chi connectivity index (χ1v) is 9.30. The third kappa shape index (κ3) is 3.34. The van der Waals surface area contributed by atoms with Crippen molar-refractivity contribution < 1.29 is 13.2 Å². The van der Waals surface area contributed by atoms with E-state index in [1.54, 1.807) is 11.8 Å². The van der Waals surface area contributed by atoms with E-state index in [1.165, 1.54) is 24.3 Å². The van der Waals surface area contributed by atoms with Crippen LogP contribution in [0, 0.1) is 0 Å². The van der Waals surface area contributed by atoms with E-state index in [-0.39, 0.29) is 16.8 Å². The number of hydrogen-bond acceptors (Lipinski definition) is 4. The molecule has 1 heterocycles. The SMILES string of the molecule is CSCC1CCCN1C(=O)c1ccc(S(N)(=O)=O)cc1. The van der Waals surface area contributed by atoms with Crippen LogP contribution in [0.25, 0.3) is 0 Å². The van der Waals surface area contributed by atoms with Crippen LogP contribution in [-0.4, -0.2) is 43.8 Å². The fourth-order valence-electron chi connectivity index (χ4n) is 2.42. The van der Waals surface area contributed by atoms with Gasteiger partial charge in [-0.05, 0) is 43.4 Å². The molecule has 20 heavy (non-hydrogen) atoms. The van der Waals surface area contributed by atoms with Crippen LogP contribution in [0.4, 0.5) is 0 Å². The lowest BCUT2D eigenvalue weighted by Gasteiger charge is -2.24. The molecule has 0 bridgehead atoms. The minimum atomic E-state index is -3.71. The van der Waals surface area contributed by atoms with Gasteiger partial charge in [-0.15, -0.1) is 0 Å². The summed E-state index contributed by atoms with van der Waals surface area (Å²) in [5, 5.41) is 5.04. The van der Waals surface area contributed by atoms with Gasteiger partial charge in [-0.3, -0.25) is 4.79 Å². The number of primary sulfonamides is 1. The molecule has 1 aliphatic heterocycles. The molecule has 0 aliphatic carbocycles. The second-order valence-electron chi connectivity index (χ2n) is 4.82. The number of amides is 1. The van der Waals surface area contributed by atoms with Gasteiger partial charge in [0.15, 0.2) is 0 Å². The monoisotopic (exact) mass is 314 g/mol. The van der Waals surface area contributed by atoms with Crippen molar-refractivity contribution in [1.29, 1.82) is 0 Å². The Morgan fingerprint density at radius 2 is 2.05 bits per heavy atom. The first-order chi connectivity index (χ1) is 9.43. The van der Waals surface area contributed by atoms with Gasteiger partial charge in [0.1, 0.15) is 0 Å². The highest BCUT2D eigenvalue weighted by Crippen LogP contribution is 2.23. The van der Waals surface area contributed by atoms with Crippen LogP contribution in [-0.2, 0) is 10.0 Å². The van der Waals surface area contributed by atoms with Crippen molar-refractivity contribution in [3.8, 4) is 0 Å². The molecule has 1 aliphatic rings. The molecule has 0 spiro atoms. The number of thioether (sulfide) groups is 1. The molecule has 1 aromatic rings. The zero-order chi connectivity index (χ0) is 14.8. The summed E-state index contributed by atoms with van der Waals surface area (Å²) >= 11 is 1.73. The highest BCUT2D eigenvalue weighted by atomic mass is 32.2. The van der Waals surface area contributed by atoms with Gasteiger partial charge in [0.05, 0.1) is 4.90 Å². The summed E-state index contributed by atoms with van der Waals surface area (Å²) in [5.74, 6) is 0.892. The Labute approximate surface area is 123 Å². The van der Waals surface area contributed by atoms with Gasteiger partial charge in [0.2, 0.25) is 10.0 Å². The quantitative estimate of drug-likeness (QED) is 0.908. The molecule has 1 unspecified atom stereocenters. The first kappa shape index (κ1) is 15.3. The highest BCUT2D eigenvalue weighted by molar-refractivity contribution is 7.98. The van der Waals surface area contributed by atoms with Gasteiger partial charge in [0, 0.05) is 23.9 Å². The first-order valence-electron chi connectivity index (χ1n) is 6.36. The summed E-state index contributed by atoms with van der Waals surface area (Å²) in [7, 11) is -3.71. The number of benzene rings is 1. The molecule has 2 N–H and O–H groups in total. The molecule has 1 amide bonds. The number of sulfonamides is 1. The summed E-state index contributed by atoms with van der Waals surface area (Å²) in [5.41, 5.74) is 0.505. The van der Waals surface area contributed by atoms with E-state index < -0.39 is 10.0 Å². The molecular weight excluding hydrogens is 296 g/mol. The van der Waals surface area contributed by atoms with Crippen molar-refractivity contribution in [1.82, 2.24) is 4.90 Å². The number of nitrogens with zero attached hydrogens (tertiary/aromatic N) is 1. The Kier molecular flexibility index (Phi) is 4.72. The third-order valence-corrected chi connectivity index (χ3v) is 5.07. The average Bonchev–Trinajstić information content (AvgIpc) is 2.86. The summed E-state index contributed by atoms with van der Waals surface area (Å²) < 4.78 is 22.4. The van der Waals surface area contributed by atoms with Crippen LogP contribution in [0.1, 0.15) is 23.2 Å². The van der Waals surface area contributed by atoms with Gasteiger partial charge < -0.3 is 4.90 Å². The summed E-state index contributed by atoms with van der Waals surface area (Å²) in [6.07, 6.45) is 4.08. The van der Waals surface area contributed by atoms with E-state index in [2.05, 4.69) is 0 Å². The standard InChI is InChI=1S/C13H18N2O3S2/c1-19-9-11-3-2-8-15(11)13(16)10-4-6-12(7-5-10)20(14,17)18/h4-7,11H,2-3,8-9H2,1H3,(H2,14,17,18). The lowest BCUT2D eigenvalue weighted by atomic mass is 10.2. The molecule has 0 saturated carbocycles. The molecule has 1 fully saturated rings. The van der Waals surface area contributed by atoms with E-state index in [4.69, 9.17) is 5.14 Å². The smallest absolute Gasteiger partial charge is 0.254 e. The van der Waals surface area contributed by atoms with Crippen molar-refractivity contribution in [2.75, 3.05) is 18.6 Å². The van der Waals surface area contributed by atoms with Gasteiger partial charge in [-0.1, -0.05) is 0 Å². The Hall–Kier alpha value is -1.05. The maximum absolute atomic E-state index is 12.4. The number of nitrogens with two attached hydrogens (primary N) is 1.